The smallest absolute Gasteiger partial charge is 0.119 e. The van der Waals surface area contributed by atoms with Gasteiger partial charge in [0.2, 0.25) is 0 Å². The highest BCUT2D eigenvalue weighted by Gasteiger charge is 2.16. The van der Waals surface area contributed by atoms with Gasteiger partial charge in [-0.25, -0.2) is 9.78 Å². The van der Waals surface area contributed by atoms with Crippen molar-refractivity contribution in [3.8, 4) is 5.75 Å². The summed E-state index contributed by atoms with van der Waals surface area (Å²) in [4.78, 5) is 10.9. The molecule has 3 heteroatoms. The van der Waals surface area contributed by atoms with Crippen LogP contribution < -0.4 is 4.74 Å². The van der Waals surface area contributed by atoms with Crippen LogP contribution in [0.5, 0.6) is 5.75 Å². The second kappa shape index (κ2) is 11.3. The molecule has 0 heterocycles. The summed E-state index contributed by atoms with van der Waals surface area (Å²) in [5, 5.41) is 0. The zero-order valence-electron chi connectivity index (χ0n) is 15.1. The van der Waals surface area contributed by atoms with E-state index in [1.54, 1.807) is 0 Å². The van der Waals surface area contributed by atoms with Gasteiger partial charge in [0.25, 0.3) is 0 Å². The van der Waals surface area contributed by atoms with Gasteiger partial charge < -0.3 is 4.74 Å². The molecule has 0 N–H and O–H groups in total. The van der Waals surface area contributed by atoms with Crippen LogP contribution in [-0.4, -0.2) is 12.7 Å². The van der Waals surface area contributed by atoms with Gasteiger partial charge in [-0.05, 0) is 49.8 Å². The minimum Gasteiger partial charge on any atom is -0.494 e. The van der Waals surface area contributed by atoms with E-state index in [0.29, 0.717) is 6.61 Å². The molecule has 0 aromatic heterocycles. The molecule has 1 aromatic carbocycles. The molecule has 1 aliphatic carbocycles. The number of unbranched alkanes of at least 4 members (excludes halogenated alkanes) is 4. The lowest BCUT2D eigenvalue weighted by atomic mass is 9.94. The number of hydrogen-bond donors (Lipinski definition) is 0. The molecule has 134 valence electrons. The Balaban J connectivity index is 1.57. The summed E-state index contributed by atoms with van der Waals surface area (Å²) in [6, 6.07) is 8.10. The van der Waals surface area contributed by atoms with E-state index in [9.17, 15) is 0 Å². The Morgan fingerprint density at radius 3 is 2.42 bits per heavy atom. The van der Waals surface area contributed by atoms with Crippen LogP contribution in [0.3, 0.4) is 0 Å². The fraction of sp³-hybridized carbons (Fsp3) is 0.619. The van der Waals surface area contributed by atoms with Gasteiger partial charge in [-0.2, -0.15) is 0 Å². The van der Waals surface area contributed by atoms with E-state index >= 15 is 0 Å². The maximum atomic E-state index is 5.77. The Hall–Kier alpha value is -1.32. The predicted molar refractivity (Wildman–Crippen MR) is 98.0 cm³/mol. The molecule has 24 heavy (non-hydrogen) atoms. The maximum Gasteiger partial charge on any atom is 0.119 e. The Morgan fingerprint density at radius 2 is 1.71 bits per heavy atom. The summed E-state index contributed by atoms with van der Waals surface area (Å²) < 4.78 is 5.77. The first-order valence-corrected chi connectivity index (χ1v) is 9.44. The molecular formula is C21H32O3. The summed E-state index contributed by atoms with van der Waals surface area (Å²) in [5.74, 6) is 0.931. The molecular weight excluding hydrogens is 300 g/mol. The van der Waals surface area contributed by atoms with Crippen molar-refractivity contribution >= 4 is 0 Å². The van der Waals surface area contributed by atoms with Crippen LogP contribution >= 0.6 is 0 Å². The molecule has 0 spiro atoms. The fourth-order valence-electron chi connectivity index (χ4n) is 2.87. The molecule has 0 atom stereocenters. The number of ether oxygens (including phenoxy) is 1. The van der Waals surface area contributed by atoms with E-state index in [-0.39, 0.29) is 6.10 Å². The lowest BCUT2D eigenvalue weighted by molar-refractivity contribution is -0.336. The van der Waals surface area contributed by atoms with Crippen molar-refractivity contribution in [1.29, 1.82) is 0 Å². The molecule has 1 aliphatic rings. The number of benzene rings is 1. The van der Waals surface area contributed by atoms with Gasteiger partial charge in [-0.1, -0.05) is 56.9 Å². The van der Waals surface area contributed by atoms with E-state index in [0.717, 1.165) is 50.0 Å². The van der Waals surface area contributed by atoms with Crippen LogP contribution in [0.25, 0.3) is 0 Å². The molecule has 0 radical (unpaired) electrons. The highest BCUT2D eigenvalue weighted by molar-refractivity contribution is 5.26. The second-order valence-electron chi connectivity index (χ2n) is 6.71. The van der Waals surface area contributed by atoms with Gasteiger partial charge in [-0.15, -0.1) is 0 Å². The largest absolute Gasteiger partial charge is 0.494 e. The lowest BCUT2D eigenvalue weighted by Crippen LogP contribution is -2.17. The first kappa shape index (κ1) is 19.0. The quantitative estimate of drug-likeness (QED) is 0.216. The normalized spacial score (nSPS) is 15.6. The summed E-state index contributed by atoms with van der Waals surface area (Å²) >= 11 is 0. The number of hydrogen-bond acceptors (Lipinski definition) is 3. The topological polar surface area (TPSA) is 27.7 Å². The van der Waals surface area contributed by atoms with E-state index in [2.05, 4.69) is 13.5 Å². The Labute approximate surface area is 146 Å². The first-order chi connectivity index (χ1) is 11.8. The van der Waals surface area contributed by atoms with Crippen LogP contribution in [-0.2, 0) is 16.4 Å². The van der Waals surface area contributed by atoms with Crippen molar-refractivity contribution in [1.82, 2.24) is 0 Å². The molecule has 1 saturated carbocycles. The fourth-order valence-corrected chi connectivity index (χ4v) is 2.87. The van der Waals surface area contributed by atoms with E-state index in [4.69, 9.17) is 14.5 Å². The minimum atomic E-state index is 0.214. The standard InChI is InChI=1S/C21H32O3/c1-3-4-5-6-7-16-22-20-14-10-19(11-15-20)17-23-24-21-12-8-18(2)9-13-21/h10-11,14-15,21H,2-9,12-13,16-17H2,1H3. The maximum absolute atomic E-state index is 5.77. The summed E-state index contributed by atoms with van der Waals surface area (Å²) in [6.45, 7) is 7.53. The lowest BCUT2D eigenvalue weighted by Gasteiger charge is -2.22. The molecule has 0 aliphatic heterocycles. The summed E-state index contributed by atoms with van der Waals surface area (Å²) in [6.07, 6.45) is 10.7. The van der Waals surface area contributed by atoms with Crippen molar-refractivity contribution in [2.45, 2.75) is 77.4 Å². The first-order valence-electron chi connectivity index (χ1n) is 9.44. The summed E-state index contributed by atoms with van der Waals surface area (Å²) in [5.41, 5.74) is 2.43. The van der Waals surface area contributed by atoms with Crippen LogP contribution in [0, 0.1) is 0 Å². The van der Waals surface area contributed by atoms with E-state index < -0.39 is 0 Å². The molecule has 0 saturated heterocycles. The van der Waals surface area contributed by atoms with Gasteiger partial charge in [0, 0.05) is 0 Å². The third kappa shape index (κ3) is 7.50. The molecule has 2 rings (SSSR count). The molecule has 3 nitrogen and oxygen atoms in total. The Kier molecular flexibility index (Phi) is 8.93. The van der Waals surface area contributed by atoms with Crippen LogP contribution in [0.2, 0.25) is 0 Å². The summed E-state index contributed by atoms with van der Waals surface area (Å²) in [7, 11) is 0. The van der Waals surface area contributed by atoms with Crippen molar-refractivity contribution in [3.63, 3.8) is 0 Å². The zero-order valence-corrected chi connectivity index (χ0v) is 15.1. The molecule has 0 unspecified atom stereocenters. The molecule has 1 aromatic rings. The molecule has 0 amide bonds. The van der Waals surface area contributed by atoms with Gasteiger partial charge >= 0.3 is 0 Å². The SMILES string of the molecule is C=C1CCC(OOCc2ccc(OCCCCCCC)cc2)CC1. The van der Waals surface area contributed by atoms with Crippen molar-refractivity contribution in [2.75, 3.05) is 6.61 Å². The average Bonchev–Trinajstić information content (AvgIpc) is 2.61. The third-order valence-electron chi connectivity index (χ3n) is 4.51. The van der Waals surface area contributed by atoms with Gasteiger partial charge in [0.1, 0.15) is 12.4 Å². The van der Waals surface area contributed by atoms with Crippen LogP contribution in [0.4, 0.5) is 0 Å². The Bertz CT molecular complexity index is 456. The second-order valence-corrected chi connectivity index (χ2v) is 6.71. The zero-order chi connectivity index (χ0) is 17.0. The minimum absolute atomic E-state index is 0.214. The van der Waals surface area contributed by atoms with E-state index in [1.165, 1.54) is 31.3 Å². The number of rotatable bonds is 11. The van der Waals surface area contributed by atoms with Crippen LogP contribution in [0.15, 0.2) is 36.4 Å². The highest BCUT2D eigenvalue weighted by atomic mass is 17.2. The monoisotopic (exact) mass is 332 g/mol. The van der Waals surface area contributed by atoms with E-state index in [1.807, 2.05) is 24.3 Å². The van der Waals surface area contributed by atoms with Gasteiger partial charge in [-0.3, -0.25) is 0 Å². The molecule has 0 bridgehead atoms. The Morgan fingerprint density at radius 1 is 1.00 bits per heavy atom. The highest BCUT2D eigenvalue weighted by Crippen LogP contribution is 2.24. The van der Waals surface area contributed by atoms with Crippen LogP contribution in [0.1, 0.15) is 70.3 Å². The van der Waals surface area contributed by atoms with Gasteiger partial charge in [0.05, 0.1) is 12.7 Å². The van der Waals surface area contributed by atoms with Crippen molar-refractivity contribution in [3.05, 3.63) is 42.0 Å². The number of allylic oxidation sites excluding steroid dienone is 1. The molecule has 1 fully saturated rings. The van der Waals surface area contributed by atoms with Crippen molar-refractivity contribution < 1.29 is 14.5 Å². The van der Waals surface area contributed by atoms with Gasteiger partial charge in [0.15, 0.2) is 0 Å². The average molecular weight is 332 g/mol. The predicted octanol–water partition coefficient (Wildman–Crippen LogP) is 5.98. The third-order valence-corrected chi connectivity index (χ3v) is 4.51. The van der Waals surface area contributed by atoms with Crippen molar-refractivity contribution in [2.24, 2.45) is 0 Å².